The number of rotatable bonds is 2. The summed E-state index contributed by atoms with van der Waals surface area (Å²) in [6, 6.07) is 10.3. The van der Waals surface area contributed by atoms with Crippen LogP contribution in [0.4, 0.5) is 5.82 Å². The highest BCUT2D eigenvalue weighted by Gasteiger charge is 2.25. The number of nitrogens with zero attached hydrogens (tertiary/aromatic N) is 3. The molecule has 0 fully saturated rings. The highest BCUT2D eigenvalue weighted by molar-refractivity contribution is 5.93. The summed E-state index contributed by atoms with van der Waals surface area (Å²) in [4.78, 5) is 12.4. The van der Waals surface area contributed by atoms with Crippen molar-refractivity contribution >= 4 is 11.7 Å². The van der Waals surface area contributed by atoms with Crippen LogP contribution in [-0.2, 0) is 24.7 Å². The van der Waals surface area contributed by atoms with E-state index in [1.54, 1.807) is 13.2 Å². The van der Waals surface area contributed by atoms with E-state index in [2.05, 4.69) is 22.5 Å². The Morgan fingerprint density at radius 2 is 2.19 bits per heavy atom. The fourth-order valence-electron chi connectivity index (χ4n) is 2.80. The molecule has 0 spiro atoms. The Bertz CT molecular complexity index is 726. The average Bonchev–Trinajstić information content (AvgIpc) is 2.86. The molecule has 0 bridgehead atoms. The third-order valence-electron chi connectivity index (χ3n) is 3.91. The first-order valence-electron chi connectivity index (χ1n) is 6.99. The molecule has 0 radical (unpaired) electrons. The van der Waals surface area contributed by atoms with Crippen LogP contribution in [0.3, 0.4) is 0 Å². The normalized spacial score (nSPS) is 16.9. The summed E-state index contributed by atoms with van der Waals surface area (Å²) < 4.78 is 1.53. The number of nitriles is 1. The lowest BCUT2D eigenvalue weighted by Crippen LogP contribution is -2.28. The maximum Gasteiger partial charge on any atom is 0.229 e. The minimum absolute atomic E-state index is 0.0558. The lowest BCUT2D eigenvalue weighted by molar-refractivity contribution is -0.120. The number of aryl methyl sites for hydroxylation is 2. The highest BCUT2D eigenvalue weighted by Crippen LogP contribution is 2.26. The molecule has 21 heavy (non-hydrogen) atoms. The van der Waals surface area contributed by atoms with Crippen LogP contribution in [0.15, 0.2) is 30.5 Å². The average molecular weight is 280 g/mol. The van der Waals surface area contributed by atoms with Crippen molar-refractivity contribution in [1.82, 2.24) is 9.78 Å². The molecule has 0 saturated carbocycles. The van der Waals surface area contributed by atoms with E-state index in [1.165, 1.54) is 15.8 Å². The maximum absolute atomic E-state index is 12.4. The third-order valence-corrected chi connectivity index (χ3v) is 3.91. The monoisotopic (exact) mass is 280 g/mol. The number of carbonyl (C=O) groups is 1. The first kappa shape index (κ1) is 13.4. The number of benzene rings is 1. The summed E-state index contributed by atoms with van der Waals surface area (Å²) in [7, 11) is 1.73. The molecular formula is C16H16N4O. The molecule has 1 unspecified atom stereocenters. The second-order valence-corrected chi connectivity index (χ2v) is 5.37. The minimum Gasteiger partial charge on any atom is -0.308 e. The van der Waals surface area contributed by atoms with Crippen molar-refractivity contribution in [3.8, 4) is 6.07 Å². The van der Waals surface area contributed by atoms with Gasteiger partial charge in [-0.05, 0) is 30.4 Å². The van der Waals surface area contributed by atoms with Gasteiger partial charge in [-0.3, -0.25) is 9.48 Å². The van der Waals surface area contributed by atoms with Gasteiger partial charge in [-0.2, -0.15) is 10.4 Å². The van der Waals surface area contributed by atoms with Crippen molar-refractivity contribution in [2.45, 2.75) is 19.3 Å². The van der Waals surface area contributed by atoms with Crippen molar-refractivity contribution in [1.29, 1.82) is 5.26 Å². The number of carbonyl (C=O) groups excluding carboxylic acids is 1. The number of fused-ring (bicyclic) bond motifs is 1. The Morgan fingerprint density at radius 1 is 1.43 bits per heavy atom. The molecule has 2 aromatic rings. The van der Waals surface area contributed by atoms with Crippen molar-refractivity contribution in [3.05, 3.63) is 47.2 Å². The molecule has 1 aliphatic carbocycles. The van der Waals surface area contributed by atoms with Crippen LogP contribution in [0.5, 0.6) is 0 Å². The van der Waals surface area contributed by atoms with Gasteiger partial charge in [0.05, 0.1) is 0 Å². The zero-order valence-electron chi connectivity index (χ0n) is 11.8. The molecule has 0 saturated heterocycles. The molecule has 1 aromatic carbocycles. The Kier molecular flexibility index (Phi) is 3.44. The highest BCUT2D eigenvalue weighted by atomic mass is 16.2. The van der Waals surface area contributed by atoms with Crippen molar-refractivity contribution in [3.63, 3.8) is 0 Å². The van der Waals surface area contributed by atoms with E-state index < -0.39 is 0 Å². The summed E-state index contributed by atoms with van der Waals surface area (Å²) in [6.07, 6.45) is 4.10. The summed E-state index contributed by atoms with van der Waals surface area (Å²) in [5.74, 6) is 0.233. The molecule has 106 valence electrons. The van der Waals surface area contributed by atoms with Crippen LogP contribution in [-0.4, -0.2) is 15.7 Å². The van der Waals surface area contributed by atoms with Gasteiger partial charge in [0.2, 0.25) is 5.91 Å². The molecule has 0 aliphatic heterocycles. The second kappa shape index (κ2) is 5.41. The zero-order valence-corrected chi connectivity index (χ0v) is 11.8. The van der Waals surface area contributed by atoms with Gasteiger partial charge in [0.15, 0.2) is 5.82 Å². The molecule has 1 N–H and O–H groups in total. The van der Waals surface area contributed by atoms with Crippen molar-refractivity contribution in [2.75, 3.05) is 5.32 Å². The topological polar surface area (TPSA) is 70.7 Å². The van der Waals surface area contributed by atoms with Gasteiger partial charge in [0.25, 0.3) is 0 Å². The molecule has 1 aromatic heterocycles. The van der Waals surface area contributed by atoms with Crippen LogP contribution >= 0.6 is 0 Å². The Balaban J connectivity index is 1.74. The molecule has 1 amide bonds. The molecular weight excluding hydrogens is 264 g/mol. The van der Waals surface area contributed by atoms with Gasteiger partial charge in [-0.25, -0.2) is 0 Å². The van der Waals surface area contributed by atoms with Gasteiger partial charge in [-0.1, -0.05) is 24.3 Å². The smallest absolute Gasteiger partial charge is 0.229 e. The largest absolute Gasteiger partial charge is 0.308 e. The van der Waals surface area contributed by atoms with Crippen molar-refractivity contribution in [2.24, 2.45) is 13.0 Å². The summed E-state index contributed by atoms with van der Waals surface area (Å²) in [6.45, 7) is 0. The molecule has 3 rings (SSSR count). The van der Waals surface area contributed by atoms with Crippen molar-refractivity contribution < 1.29 is 4.79 Å². The number of nitrogens with one attached hydrogen (secondary N) is 1. The zero-order chi connectivity index (χ0) is 14.8. The summed E-state index contributed by atoms with van der Waals surface area (Å²) in [5, 5.41) is 15.9. The van der Waals surface area contributed by atoms with Gasteiger partial charge < -0.3 is 5.32 Å². The summed E-state index contributed by atoms with van der Waals surface area (Å²) >= 11 is 0. The molecule has 5 nitrogen and oxygen atoms in total. The van der Waals surface area contributed by atoms with Gasteiger partial charge in [0.1, 0.15) is 11.6 Å². The van der Waals surface area contributed by atoms with Crippen LogP contribution in [0, 0.1) is 17.2 Å². The molecule has 1 aliphatic rings. The molecule has 1 heterocycles. The third kappa shape index (κ3) is 2.65. The van der Waals surface area contributed by atoms with E-state index in [0.29, 0.717) is 11.4 Å². The predicted octanol–water partition coefficient (Wildman–Crippen LogP) is 2.04. The lowest BCUT2D eigenvalue weighted by Gasteiger charge is -2.23. The number of anilines is 1. The van der Waals surface area contributed by atoms with E-state index in [9.17, 15) is 4.79 Å². The number of aromatic nitrogens is 2. The van der Waals surface area contributed by atoms with Crippen LogP contribution in [0.25, 0.3) is 0 Å². The predicted molar refractivity (Wildman–Crippen MR) is 78.5 cm³/mol. The van der Waals surface area contributed by atoms with E-state index in [4.69, 9.17) is 5.26 Å². The van der Waals surface area contributed by atoms with E-state index in [1.807, 2.05) is 18.2 Å². The van der Waals surface area contributed by atoms with E-state index >= 15 is 0 Å². The van der Waals surface area contributed by atoms with E-state index in [0.717, 1.165) is 19.3 Å². The minimum atomic E-state index is -0.0616. The first-order valence-corrected chi connectivity index (χ1v) is 6.99. The number of hydrogen-bond donors (Lipinski definition) is 1. The first-order chi connectivity index (χ1) is 10.2. The fraction of sp³-hybridized carbons (Fsp3) is 0.312. The van der Waals surface area contributed by atoms with Gasteiger partial charge in [-0.15, -0.1) is 0 Å². The van der Waals surface area contributed by atoms with Crippen LogP contribution in [0.1, 0.15) is 23.1 Å². The standard InChI is InChI=1S/C16H16N4O/c1-20-10-14(9-17)15(19-20)18-16(21)13-7-6-11-4-2-3-5-12(11)8-13/h2-5,10,13H,6-8H2,1H3,(H,18,19,21). The Morgan fingerprint density at radius 3 is 2.95 bits per heavy atom. The number of hydrogen-bond acceptors (Lipinski definition) is 3. The summed E-state index contributed by atoms with van der Waals surface area (Å²) in [5.41, 5.74) is 2.96. The maximum atomic E-state index is 12.4. The molecule has 5 heteroatoms. The van der Waals surface area contributed by atoms with Gasteiger partial charge >= 0.3 is 0 Å². The quantitative estimate of drug-likeness (QED) is 0.915. The second-order valence-electron chi connectivity index (χ2n) is 5.37. The van der Waals surface area contributed by atoms with E-state index in [-0.39, 0.29) is 11.8 Å². The Hall–Kier alpha value is -2.61. The molecule has 1 atom stereocenters. The van der Waals surface area contributed by atoms with Crippen LogP contribution < -0.4 is 5.32 Å². The number of amides is 1. The SMILES string of the molecule is Cn1cc(C#N)c(NC(=O)C2CCc3ccccc3C2)n1. The van der Waals surface area contributed by atoms with Gasteiger partial charge in [0, 0.05) is 19.2 Å². The fourth-order valence-corrected chi connectivity index (χ4v) is 2.80. The Labute approximate surface area is 123 Å². The van der Waals surface area contributed by atoms with Crippen LogP contribution in [0.2, 0.25) is 0 Å². The lowest BCUT2D eigenvalue weighted by atomic mass is 9.83.